The second-order valence-electron chi connectivity index (χ2n) is 3.95. The lowest BCUT2D eigenvalue weighted by atomic mass is 10.2. The molecular weight excluding hydrogens is 222 g/mol. The summed E-state index contributed by atoms with van der Waals surface area (Å²) in [4.78, 5) is 18.1. The molecule has 1 aliphatic heterocycles. The average Bonchev–Trinajstić information content (AvgIpc) is 2.39. The lowest BCUT2D eigenvalue weighted by molar-refractivity contribution is 0.0721. The van der Waals surface area contributed by atoms with Gasteiger partial charge in [0.05, 0.1) is 25.9 Å². The van der Waals surface area contributed by atoms with Gasteiger partial charge in [-0.05, 0) is 6.92 Å². The zero-order valence-electron chi connectivity index (χ0n) is 9.87. The molecule has 0 spiro atoms. The summed E-state index contributed by atoms with van der Waals surface area (Å²) >= 11 is 0. The van der Waals surface area contributed by atoms with Crippen LogP contribution in [0.25, 0.3) is 0 Å². The summed E-state index contributed by atoms with van der Waals surface area (Å²) in [5.41, 5.74) is -0.115. The molecular formula is C11H17N3O3. The van der Waals surface area contributed by atoms with Crippen molar-refractivity contribution in [3.05, 3.63) is 22.7 Å². The molecule has 2 heterocycles. The topological polar surface area (TPSA) is 67.6 Å². The first-order chi connectivity index (χ1) is 8.27. The third kappa shape index (κ3) is 2.32. The fourth-order valence-corrected chi connectivity index (χ4v) is 1.97. The van der Waals surface area contributed by atoms with Gasteiger partial charge in [0.2, 0.25) is 0 Å². The molecule has 1 aromatic rings. The van der Waals surface area contributed by atoms with Crippen LogP contribution in [0.15, 0.2) is 17.2 Å². The van der Waals surface area contributed by atoms with Crippen LogP contribution in [0.2, 0.25) is 0 Å². The number of hydrogen-bond acceptors (Lipinski definition) is 5. The first-order valence-electron chi connectivity index (χ1n) is 5.78. The van der Waals surface area contributed by atoms with Gasteiger partial charge in [0.1, 0.15) is 0 Å². The maximum absolute atomic E-state index is 12.1. The van der Waals surface area contributed by atoms with E-state index in [-0.39, 0.29) is 18.2 Å². The highest BCUT2D eigenvalue weighted by Crippen LogP contribution is 2.12. The smallest absolute Gasteiger partial charge is 0.293 e. The van der Waals surface area contributed by atoms with E-state index in [4.69, 9.17) is 4.74 Å². The lowest BCUT2D eigenvalue weighted by Gasteiger charge is -2.34. The Morgan fingerprint density at radius 2 is 2.47 bits per heavy atom. The summed E-state index contributed by atoms with van der Waals surface area (Å²) in [6, 6.07) is -0.184. The summed E-state index contributed by atoms with van der Waals surface area (Å²) in [5, 5.41) is 9.28. The van der Waals surface area contributed by atoms with Crippen LogP contribution in [0.5, 0.6) is 0 Å². The van der Waals surface area contributed by atoms with Gasteiger partial charge < -0.3 is 19.3 Å². The van der Waals surface area contributed by atoms with E-state index in [2.05, 4.69) is 4.98 Å². The van der Waals surface area contributed by atoms with E-state index in [1.54, 1.807) is 17.0 Å². The van der Waals surface area contributed by atoms with E-state index in [0.29, 0.717) is 32.1 Å². The molecule has 1 aromatic heterocycles. The zero-order valence-corrected chi connectivity index (χ0v) is 9.87. The lowest BCUT2D eigenvalue weighted by Crippen LogP contribution is -2.50. The fourth-order valence-electron chi connectivity index (χ4n) is 1.97. The third-order valence-corrected chi connectivity index (χ3v) is 2.95. The average molecular weight is 239 g/mol. The summed E-state index contributed by atoms with van der Waals surface area (Å²) in [5.74, 6) is 0.400. The predicted molar refractivity (Wildman–Crippen MR) is 63.2 cm³/mol. The molecule has 1 unspecified atom stereocenters. The second kappa shape index (κ2) is 5.29. The number of aromatic nitrogens is 2. The van der Waals surface area contributed by atoms with Crippen molar-refractivity contribution < 1.29 is 9.84 Å². The molecule has 6 nitrogen and oxygen atoms in total. The molecule has 1 aliphatic rings. The van der Waals surface area contributed by atoms with E-state index in [9.17, 15) is 9.90 Å². The fraction of sp³-hybridized carbons (Fsp3) is 0.636. The number of morpholine rings is 1. The molecule has 1 N–H and O–H groups in total. The number of ether oxygens (including phenoxy) is 1. The molecule has 1 saturated heterocycles. The number of aliphatic hydroxyl groups is 1. The molecule has 17 heavy (non-hydrogen) atoms. The van der Waals surface area contributed by atoms with Crippen LogP contribution in [0.1, 0.15) is 6.92 Å². The number of hydrogen-bond donors (Lipinski definition) is 1. The number of rotatable bonds is 3. The minimum Gasteiger partial charge on any atom is -0.394 e. The van der Waals surface area contributed by atoms with Gasteiger partial charge >= 0.3 is 0 Å². The molecule has 6 heteroatoms. The standard InChI is InChI=1S/C11H17N3O3/c1-2-13-4-3-12-10(11(13)16)14-5-6-17-8-9(14)7-15/h3-4,9,15H,2,5-8H2,1H3. The Hall–Kier alpha value is -1.40. The van der Waals surface area contributed by atoms with Crippen LogP contribution in [0, 0.1) is 0 Å². The summed E-state index contributed by atoms with van der Waals surface area (Å²) in [7, 11) is 0. The predicted octanol–water partition coefficient (Wildman–Crippen LogP) is -0.539. The highest BCUT2D eigenvalue weighted by molar-refractivity contribution is 5.38. The van der Waals surface area contributed by atoms with Crippen molar-refractivity contribution in [3.63, 3.8) is 0 Å². The molecule has 1 atom stereocenters. The molecule has 0 aromatic carbocycles. The SMILES string of the molecule is CCn1ccnc(N2CCOCC2CO)c1=O. The molecule has 0 bridgehead atoms. The Labute approximate surface area is 99.5 Å². The number of anilines is 1. The van der Waals surface area contributed by atoms with Crippen molar-refractivity contribution >= 4 is 5.82 Å². The van der Waals surface area contributed by atoms with E-state index >= 15 is 0 Å². The molecule has 0 amide bonds. The first kappa shape index (κ1) is 12.1. The van der Waals surface area contributed by atoms with Gasteiger partial charge in [-0.15, -0.1) is 0 Å². The maximum atomic E-state index is 12.1. The van der Waals surface area contributed by atoms with Crippen molar-refractivity contribution in [2.45, 2.75) is 19.5 Å². The molecule has 1 fully saturated rings. The van der Waals surface area contributed by atoms with Crippen molar-refractivity contribution in [1.82, 2.24) is 9.55 Å². The van der Waals surface area contributed by atoms with Crippen molar-refractivity contribution in [1.29, 1.82) is 0 Å². The van der Waals surface area contributed by atoms with Crippen LogP contribution in [-0.2, 0) is 11.3 Å². The van der Waals surface area contributed by atoms with Crippen LogP contribution in [0.4, 0.5) is 5.82 Å². The second-order valence-corrected chi connectivity index (χ2v) is 3.95. The maximum Gasteiger partial charge on any atom is 0.293 e. The normalized spacial score (nSPS) is 20.6. The Morgan fingerprint density at radius 3 is 3.18 bits per heavy atom. The highest BCUT2D eigenvalue weighted by atomic mass is 16.5. The first-order valence-corrected chi connectivity index (χ1v) is 5.78. The summed E-state index contributed by atoms with van der Waals surface area (Å²) in [6.45, 7) is 4.05. The van der Waals surface area contributed by atoms with Gasteiger partial charge in [0.15, 0.2) is 5.82 Å². The number of aryl methyl sites for hydroxylation is 1. The third-order valence-electron chi connectivity index (χ3n) is 2.95. The van der Waals surface area contributed by atoms with Gasteiger partial charge in [0, 0.05) is 25.5 Å². The highest BCUT2D eigenvalue weighted by Gasteiger charge is 2.25. The Morgan fingerprint density at radius 1 is 1.65 bits per heavy atom. The minimum absolute atomic E-state index is 0.0395. The van der Waals surface area contributed by atoms with Crippen LogP contribution in [-0.4, -0.2) is 47.1 Å². The van der Waals surface area contributed by atoms with Crippen molar-refractivity contribution in [2.75, 3.05) is 31.3 Å². The van der Waals surface area contributed by atoms with Crippen molar-refractivity contribution in [2.24, 2.45) is 0 Å². The quantitative estimate of drug-likeness (QED) is 0.767. The van der Waals surface area contributed by atoms with Gasteiger partial charge in [0.25, 0.3) is 5.56 Å². The zero-order chi connectivity index (χ0) is 12.3. The Bertz CT molecular complexity index is 432. The van der Waals surface area contributed by atoms with Crippen LogP contribution in [0.3, 0.4) is 0 Å². The van der Waals surface area contributed by atoms with Crippen LogP contribution < -0.4 is 10.5 Å². The Kier molecular flexibility index (Phi) is 3.75. The van der Waals surface area contributed by atoms with Crippen molar-refractivity contribution in [3.8, 4) is 0 Å². The van der Waals surface area contributed by atoms with Gasteiger partial charge in [-0.1, -0.05) is 0 Å². The summed E-state index contributed by atoms with van der Waals surface area (Å²) in [6.07, 6.45) is 3.28. The molecule has 0 saturated carbocycles. The largest absolute Gasteiger partial charge is 0.394 e. The van der Waals surface area contributed by atoms with E-state index < -0.39 is 0 Å². The monoisotopic (exact) mass is 239 g/mol. The van der Waals surface area contributed by atoms with Gasteiger partial charge in [-0.2, -0.15) is 0 Å². The van der Waals surface area contributed by atoms with E-state index in [1.807, 2.05) is 11.8 Å². The van der Waals surface area contributed by atoms with E-state index in [1.165, 1.54) is 0 Å². The molecule has 94 valence electrons. The van der Waals surface area contributed by atoms with Gasteiger partial charge in [-0.3, -0.25) is 4.79 Å². The summed E-state index contributed by atoms with van der Waals surface area (Å²) < 4.78 is 6.89. The molecule has 0 radical (unpaired) electrons. The Balaban J connectivity index is 2.35. The number of nitrogens with zero attached hydrogens (tertiary/aromatic N) is 3. The van der Waals surface area contributed by atoms with Gasteiger partial charge in [-0.25, -0.2) is 4.98 Å². The molecule has 2 rings (SSSR count). The number of aliphatic hydroxyl groups excluding tert-OH is 1. The van der Waals surface area contributed by atoms with Crippen LogP contribution >= 0.6 is 0 Å². The minimum atomic E-state index is -0.184. The molecule has 0 aliphatic carbocycles. The van der Waals surface area contributed by atoms with E-state index in [0.717, 1.165) is 0 Å².